The van der Waals surface area contributed by atoms with Gasteiger partial charge in [-0.2, -0.15) is 0 Å². The number of nitrogens with zero attached hydrogens (tertiary/aromatic N) is 12. The Morgan fingerprint density at radius 1 is 0.229 bits per heavy atom. The van der Waals surface area contributed by atoms with Gasteiger partial charge in [-0.1, -0.05) is 0 Å². The van der Waals surface area contributed by atoms with E-state index in [1.807, 2.05) is 0 Å². The van der Waals surface area contributed by atoms with Crippen LogP contribution in [0.4, 0.5) is 34.1 Å². The van der Waals surface area contributed by atoms with Crippen molar-refractivity contribution in [2.24, 2.45) is 0 Å². The minimum Gasteiger partial charge on any atom is -0.345 e. The normalized spacial score (nSPS) is 21.9. The summed E-state index contributed by atoms with van der Waals surface area (Å²) in [4.78, 5) is 28.8. The van der Waals surface area contributed by atoms with Crippen molar-refractivity contribution in [3.8, 4) is 0 Å². The Balaban J connectivity index is 1.12. The van der Waals surface area contributed by atoms with E-state index in [0.29, 0.717) is 0 Å². The van der Waals surface area contributed by atoms with E-state index in [4.69, 9.17) is 0 Å². The Hall–Kier alpha value is -3.78. The summed E-state index contributed by atoms with van der Waals surface area (Å²) in [5, 5.41) is 0. The second kappa shape index (κ2) is 14.0. The van der Waals surface area contributed by atoms with Crippen LogP contribution in [-0.2, 0) is 0 Å². The third kappa shape index (κ3) is 7.44. The van der Waals surface area contributed by atoms with Crippen LogP contribution >= 0.6 is 0 Å². The lowest BCUT2D eigenvalue weighted by atomic mass is 10.2. The summed E-state index contributed by atoms with van der Waals surface area (Å²) in [6.07, 6.45) is 0. The summed E-state index contributed by atoms with van der Waals surface area (Å²) in [5.41, 5.74) is 7.49. The van der Waals surface area contributed by atoms with Gasteiger partial charge in [0.1, 0.15) is 0 Å². The summed E-state index contributed by atoms with van der Waals surface area (Å²) < 4.78 is 0. The average molecular weight is 655 g/mol. The highest BCUT2D eigenvalue weighted by molar-refractivity contribution is 5.64. The Morgan fingerprint density at radius 3 is 0.542 bits per heavy atom. The predicted octanol–water partition coefficient (Wildman–Crippen LogP) is 3.06. The van der Waals surface area contributed by atoms with Crippen LogP contribution in [0.5, 0.6) is 0 Å². The molecule has 258 valence electrons. The van der Waals surface area contributed by atoms with Crippen molar-refractivity contribution in [2.75, 3.05) is 152 Å². The van der Waals surface area contributed by atoms with Crippen molar-refractivity contribution in [3.63, 3.8) is 0 Å². The van der Waals surface area contributed by atoms with Crippen LogP contribution in [0.15, 0.2) is 72.8 Å². The van der Waals surface area contributed by atoms with Gasteiger partial charge in [0.25, 0.3) is 0 Å². The van der Waals surface area contributed by atoms with Crippen LogP contribution in [0.3, 0.4) is 0 Å². The molecule has 4 heterocycles. The zero-order valence-electron chi connectivity index (χ0n) is 29.8. The molecule has 0 N–H and O–H groups in total. The van der Waals surface area contributed by atoms with E-state index in [9.17, 15) is 0 Å². The van der Waals surface area contributed by atoms with Gasteiger partial charge in [0, 0.05) is 34.1 Å². The molecule has 0 aliphatic carbocycles. The molecule has 4 aliphatic rings. The predicted molar refractivity (Wildman–Crippen MR) is 199 cm³/mol. The third-order valence-electron chi connectivity index (χ3n) is 9.69. The first kappa shape index (κ1) is 32.8. The summed E-state index contributed by atoms with van der Waals surface area (Å²) in [7, 11) is 13.1. The van der Waals surface area contributed by atoms with Gasteiger partial charge >= 0.3 is 0 Å². The standard InChI is InChI=1S/C36H54N12/c1-37-19-38(2)23-43(22-37)31-7-13-34(14-8-31)46-28-47(35-15-9-32(10-16-35)44-24-39(3)20-40(4)25-44)30-48(29-46)36-17-11-33(12-18-36)45-26-41(5)21-42(6)27-45/h7-18H,19-30H2,1-6H3. The molecule has 4 fully saturated rings. The summed E-state index contributed by atoms with van der Waals surface area (Å²) in [5.74, 6) is 0. The molecule has 0 radical (unpaired) electrons. The molecule has 0 atom stereocenters. The molecule has 48 heavy (non-hydrogen) atoms. The lowest BCUT2D eigenvalue weighted by Crippen LogP contribution is -2.55. The first-order valence-electron chi connectivity index (χ1n) is 17.1. The molecule has 0 aromatic heterocycles. The van der Waals surface area contributed by atoms with Gasteiger partial charge in [0.15, 0.2) is 0 Å². The highest BCUT2D eigenvalue weighted by Crippen LogP contribution is 2.31. The number of rotatable bonds is 6. The van der Waals surface area contributed by atoms with Gasteiger partial charge in [-0.3, -0.25) is 29.4 Å². The van der Waals surface area contributed by atoms with Crippen molar-refractivity contribution in [2.45, 2.75) is 0 Å². The number of hydrogen-bond acceptors (Lipinski definition) is 12. The Morgan fingerprint density at radius 2 is 0.375 bits per heavy atom. The molecule has 4 aliphatic heterocycles. The Bertz CT molecular complexity index is 1270. The molecular formula is C36H54N12. The molecule has 0 bridgehead atoms. The number of anilines is 6. The van der Waals surface area contributed by atoms with Crippen LogP contribution in [0, 0.1) is 0 Å². The maximum absolute atomic E-state index is 2.49. The van der Waals surface area contributed by atoms with Crippen molar-refractivity contribution in [3.05, 3.63) is 72.8 Å². The van der Waals surface area contributed by atoms with Crippen LogP contribution in [-0.4, -0.2) is 152 Å². The minimum atomic E-state index is 0.824. The Labute approximate surface area is 287 Å². The van der Waals surface area contributed by atoms with Gasteiger partial charge < -0.3 is 29.4 Å². The molecule has 12 nitrogen and oxygen atoms in total. The average Bonchev–Trinajstić information content (AvgIpc) is 3.07. The molecule has 4 saturated heterocycles. The highest BCUT2D eigenvalue weighted by atomic mass is 15.5. The van der Waals surface area contributed by atoms with Gasteiger partial charge in [-0.15, -0.1) is 0 Å². The first-order valence-corrected chi connectivity index (χ1v) is 17.1. The van der Waals surface area contributed by atoms with Crippen LogP contribution in [0.2, 0.25) is 0 Å². The van der Waals surface area contributed by atoms with E-state index >= 15 is 0 Å². The third-order valence-corrected chi connectivity index (χ3v) is 9.69. The Kier molecular flexibility index (Phi) is 9.54. The fourth-order valence-electron chi connectivity index (χ4n) is 7.74. The van der Waals surface area contributed by atoms with E-state index in [1.54, 1.807) is 0 Å². The molecule has 0 unspecified atom stereocenters. The SMILES string of the molecule is CN1CN(C)CN(c2ccc(N3CN(c4ccc(N5CN(C)CN(C)C5)cc4)CN(c4ccc(N5CN(C)CN(C)C5)cc4)C3)cc2)C1. The zero-order chi connectivity index (χ0) is 33.4. The lowest BCUT2D eigenvalue weighted by Gasteiger charge is -2.46. The van der Waals surface area contributed by atoms with Gasteiger partial charge in [-0.05, 0) is 115 Å². The maximum atomic E-state index is 2.49. The largest absolute Gasteiger partial charge is 0.345 e. The van der Waals surface area contributed by atoms with E-state index < -0.39 is 0 Å². The molecular weight excluding hydrogens is 600 g/mol. The molecule has 0 spiro atoms. The van der Waals surface area contributed by atoms with Crippen molar-refractivity contribution >= 4 is 34.1 Å². The molecule has 3 aromatic carbocycles. The summed E-state index contributed by atoms with van der Waals surface area (Å²) in [6.45, 7) is 11.1. The van der Waals surface area contributed by atoms with E-state index in [2.05, 4.69) is 174 Å². The fraction of sp³-hybridized carbons (Fsp3) is 0.500. The molecule has 3 aromatic rings. The first-order chi connectivity index (χ1) is 23.2. The smallest absolute Gasteiger partial charge is 0.0937 e. The van der Waals surface area contributed by atoms with Gasteiger partial charge in [-0.25, -0.2) is 0 Å². The van der Waals surface area contributed by atoms with Crippen molar-refractivity contribution < 1.29 is 0 Å². The topological polar surface area (TPSA) is 38.9 Å². The second-order valence-corrected chi connectivity index (χ2v) is 14.6. The molecule has 7 rings (SSSR count). The highest BCUT2D eigenvalue weighted by Gasteiger charge is 2.27. The number of benzene rings is 3. The van der Waals surface area contributed by atoms with Gasteiger partial charge in [0.2, 0.25) is 0 Å². The van der Waals surface area contributed by atoms with Crippen molar-refractivity contribution in [1.82, 2.24) is 29.4 Å². The minimum absolute atomic E-state index is 0.824. The second-order valence-electron chi connectivity index (χ2n) is 14.6. The number of hydrogen-bond donors (Lipinski definition) is 0. The van der Waals surface area contributed by atoms with Crippen LogP contribution in [0.1, 0.15) is 0 Å². The van der Waals surface area contributed by atoms with Crippen molar-refractivity contribution in [1.29, 1.82) is 0 Å². The zero-order valence-corrected chi connectivity index (χ0v) is 29.8. The van der Waals surface area contributed by atoms with Crippen LogP contribution < -0.4 is 29.4 Å². The molecule has 0 amide bonds. The quantitative estimate of drug-likeness (QED) is 0.393. The lowest BCUT2D eigenvalue weighted by molar-refractivity contribution is 0.135. The summed E-state index contributed by atoms with van der Waals surface area (Å²) >= 11 is 0. The van der Waals surface area contributed by atoms with E-state index in [-0.39, 0.29) is 0 Å². The molecule has 12 heteroatoms. The maximum Gasteiger partial charge on any atom is 0.0937 e. The van der Waals surface area contributed by atoms with E-state index in [0.717, 1.165) is 80.0 Å². The molecule has 0 saturated carbocycles. The summed E-state index contributed by atoms with van der Waals surface area (Å²) in [6, 6.07) is 27.5. The van der Waals surface area contributed by atoms with Crippen LogP contribution in [0.25, 0.3) is 0 Å². The fourth-order valence-corrected chi connectivity index (χ4v) is 7.74. The monoisotopic (exact) mass is 654 g/mol. The van der Waals surface area contributed by atoms with E-state index in [1.165, 1.54) is 34.1 Å². The van der Waals surface area contributed by atoms with Gasteiger partial charge in [0.05, 0.1) is 80.0 Å².